The number of hydrogen-bond acceptors (Lipinski definition) is 7. The van der Waals surface area contributed by atoms with Crippen LogP contribution >= 0.6 is 0 Å². The van der Waals surface area contributed by atoms with E-state index >= 15 is 0 Å². The predicted molar refractivity (Wildman–Crippen MR) is 83.7 cm³/mol. The summed E-state index contributed by atoms with van der Waals surface area (Å²) in [7, 11) is 0. The van der Waals surface area contributed by atoms with Crippen molar-refractivity contribution in [3.8, 4) is 11.3 Å². The van der Waals surface area contributed by atoms with E-state index in [1.54, 1.807) is 0 Å². The zero-order valence-electron chi connectivity index (χ0n) is 13.2. The summed E-state index contributed by atoms with van der Waals surface area (Å²) in [6.07, 6.45) is -2.09. The first kappa shape index (κ1) is 16.9. The number of aliphatic hydroxyl groups is 3. The van der Waals surface area contributed by atoms with Gasteiger partial charge in [-0.1, -0.05) is 0 Å². The quantitative estimate of drug-likeness (QED) is 0.616. The van der Waals surface area contributed by atoms with E-state index in [1.165, 1.54) is 23.3 Å². The largest absolute Gasteiger partial charge is 0.394 e. The zero-order chi connectivity index (χ0) is 18.4. The lowest BCUT2D eigenvalue weighted by atomic mass is 10.1. The standard InChI is InChI=1S/C16H14F2N4O4/c17-7-1-2-8(9(18)3-7)11-12-15(20-5-19-11)22(6-21-12)16-14(25)13(24)10(4-23)26-16/h1-3,5-6,10,13-14,16,23-25H,4H2/t10-,13-,14-,16-/m1/s1. The highest BCUT2D eigenvalue weighted by atomic mass is 19.1. The molecule has 4 rings (SSSR count). The van der Waals surface area contributed by atoms with Crippen LogP contribution in [0.4, 0.5) is 8.78 Å². The molecule has 3 N–H and O–H groups in total. The maximum absolute atomic E-state index is 14.1. The van der Waals surface area contributed by atoms with Crippen molar-refractivity contribution < 1.29 is 28.8 Å². The zero-order valence-corrected chi connectivity index (χ0v) is 13.2. The molecule has 8 nitrogen and oxygen atoms in total. The van der Waals surface area contributed by atoms with Crippen molar-refractivity contribution in [2.45, 2.75) is 24.5 Å². The smallest absolute Gasteiger partial charge is 0.166 e. The number of aliphatic hydroxyl groups excluding tert-OH is 3. The number of imidazole rings is 1. The van der Waals surface area contributed by atoms with E-state index in [4.69, 9.17) is 4.74 Å². The Morgan fingerprint density at radius 2 is 1.92 bits per heavy atom. The van der Waals surface area contributed by atoms with Gasteiger partial charge in [0.05, 0.1) is 12.9 Å². The Balaban J connectivity index is 1.81. The maximum atomic E-state index is 14.1. The molecule has 1 aliphatic rings. The van der Waals surface area contributed by atoms with Crippen LogP contribution in [-0.4, -0.2) is 59.8 Å². The number of nitrogens with zero attached hydrogens (tertiary/aromatic N) is 4. The SMILES string of the molecule is OC[C@H]1O[C@@H](n2cnc3c(-c4ccc(F)cc4F)ncnc32)[C@H](O)[C@@H]1O. The van der Waals surface area contributed by atoms with Gasteiger partial charge in [0, 0.05) is 11.6 Å². The van der Waals surface area contributed by atoms with Crippen molar-refractivity contribution in [2.24, 2.45) is 0 Å². The Bertz CT molecular complexity index is 967. The molecule has 2 aromatic heterocycles. The van der Waals surface area contributed by atoms with Gasteiger partial charge < -0.3 is 20.1 Å². The van der Waals surface area contributed by atoms with E-state index < -0.39 is 42.8 Å². The molecule has 26 heavy (non-hydrogen) atoms. The molecule has 0 saturated carbocycles. The molecule has 0 spiro atoms. The molecular formula is C16H14F2N4O4. The minimum Gasteiger partial charge on any atom is -0.394 e. The molecule has 136 valence electrons. The fraction of sp³-hybridized carbons (Fsp3) is 0.312. The highest BCUT2D eigenvalue weighted by molar-refractivity contribution is 5.87. The van der Waals surface area contributed by atoms with E-state index in [2.05, 4.69) is 15.0 Å². The van der Waals surface area contributed by atoms with Crippen molar-refractivity contribution in [1.29, 1.82) is 0 Å². The molecule has 1 aromatic carbocycles. The fourth-order valence-electron chi connectivity index (χ4n) is 3.03. The first-order chi connectivity index (χ1) is 12.5. The van der Waals surface area contributed by atoms with Gasteiger partial charge in [0.25, 0.3) is 0 Å². The Hall–Kier alpha value is -2.53. The highest BCUT2D eigenvalue weighted by Gasteiger charge is 2.44. The third kappa shape index (κ3) is 2.54. The normalized spacial score (nSPS) is 25.9. The molecule has 1 fully saturated rings. The van der Waals surface area contributed by atoms with Gasteiger partial charge in [-0.25, -0.2) is 23.7 Å². The van der Waals surface area contributed by atoms with E-state index in [9.17, 15) is 24.1 Å². The van der Waals surface area contributed by atoms with E-state index in [-0.39, 0.29) is 22.4 Å². The van der Waals surface area contributed by atoms with Gasteiger partial charge in [0.2, 0.25) is 0 Å². The molecule has 0 amide bonds. The van der Waals surface area contributed by atoms with E-state index in [0.29, 0.717) is 0 Å². The third-order valence-electron chi connectivity index (χ3n) is 4.34. The van der Waals surface area contributed by atoms with Crippen LogP contribution < -0.4 is 0 Å². The monoisotopic (exact) mass is 364 g/mol. The van der Waals surface area contributed by atoms with Crippen LogP contribution in [0.5, 0.6) is 0 Å². The summed E-state index contributed by atoms with van der Waals surface area (Å²) < 4.78 is 34.1. The van der Waals surface area contributed by atoms with Crippen LogP contribution in [0.15, 0.2) is 30.9 Å². The van der Waals surface area contributed by atoms with Crippen molar-refractivity contribution in [1.82, 2.24) is 19.5 Å². The van der Waals surface area contributed by atoms with Gasteiger partial charge in [-0.05, 0) is 12.1 Å². The Morgan fingerprint density at radius 1 is 1.12 bits per heavy atom. The number of fused-ring (bicyclic) bond motifs is 1. The first-order valence-electron chi connectivity index (χ1n) is 7.76. The van der Waals surface area contributed by atoms with Crippen molar-refractivity contribution in [2.75, 3.05) is 6.61 Å². The summed E-state index contributed by atoms with van der Waals surface area (Å²) in [4.78, 5) is 12.3. The van der Waals surface area contributed by atoms with Crippen LogP contribution in [0.25, 0.3) is 22.4 Å². The first-order valence-corrected chi connectivity index (χ1v) is 7.76. The molecule has 1 saturated heterocycles. The topological polar surface area (TPSA) is 114 Å². The molecule has 0 aliphatic carbocycles. The van der Waals surface area contributed by atoms with Crippen LogP contribution in [0.1, 0.15) is 6.23 Å². The number of rotatable bonds is 3. The molecule has 10 heteroatoms. The lowest BCUT2D eigenvalue weighted by Gasteiger charge is -2.16. The Kier molecular flexibility index (Phi) is 4.11. The van der Waals surface area contributed by atoms with Crippen LogP contribution in [0.3, 0.4) is 0 Å². The summed E-state index contributed by atoms with van der Waals surface area (Å²) in [6.45, 7) is -0.470. The second-order valence-electron chi connectivity index (χ2n) is 5.90. The van der Waals surface area contributed by atoms with Crippen LogP contribution in [0.2, 0.25) is 0 Å². The Morgan fingerprint density at radius 3 is 2.62 bits per heavy atom. The molecule has 0 bridgehead atoms. The third-order valence-corrected chi connectivity index (χ3v) is 4.34. The summed E-state index contributed by atoms with van der Waals surface area (Å²) in [5.74, 6) is -1.51. The number of halogens is 2. The molecule has 3 aromatic rings. The maximum Gasteiger partial charge on any atom is 0.166 e. The average molecular weight is 364 g/mol. The number of aromatic nitrogens is 4. The fourth-order valence-corrected chi connectivity index (χ4v) is 3.03. The van der Waals surface area contributed by atoms with E-state index in [0.717, 1.165) is 12.1 Å². The van der Waals surface area contributed by atoms with Crippen LogP contribution in [-0.2, 0) is 4.74 Å². The van der Waals surface area contributed by atoms with Crippen molar-refractivity contribution in [3.63, 3.8) is 0 Å². The van der Waals surface area contributed by atoms with Crippen molar-refractivity contribution >= 4 is 11.2 Å². The van der Waals surface area contributed by atoms with Gasteiger partial charge >= 0.3 is 0 Å². The highest BCUT2D eigenvalue weighted by Crippen LogP contribution is 2.33. The summed E-state index contributed by atoms with van der Waals surface area (Å²) in [5.41, 5.74) is 0.646. The molecule has 0 unspecified atom stereocenters. The van der Waals surface area contributed by atoms with Crippen molar-refractivity contribution in [3.05, 3.63) is 42.5 Å². The van der Waals surface area contributed by atoms with E-state index in [1.807, 2.05) is 0 Å². The number of ether oxygens (including phenoxy) is 1. The van der Waals surface area contributed by atoms with Crippen LogP contribution in [0, 0.1) is 11.6 Å². The lowest BCUT2D eigenvalue weighted by Crippen LogP contribution is -2.33. The molecule has 3 heterocycles. The summed E-state index contributed by atoms with van der Waals surface area (Å²) in [6, 6.07) is 3.10. The molecule has 4 atom stereocenters. The Labute approximate surface area is 145 Å². The van der Waals surface area contributed by atoms with Gasteiger partial charge in [0.1, 0.15) is 47.5 Å². The predicted octanol–water partition coefficient (Wildman–Crippen LogP) is 0.383. The minimum absolute atomic E-state index is 0.0465. The second kappa shape index (κ2) is 6.32. The molecule has 0 radical (unpaired) electrons. The number of benzene rings is 1. The summed E-state index contributed by atoms with van der Waals surface area (Å²) in [5, 5.41) is 29.3. The van der Waals surface area contributed by atoms with Gasteiger partial charge in [-0.2, -0.15) is 0 Å². The molecule has 1 aliphatic heterocycles. The molecular weight excluding hydrogens is 350 g/mol. The van der Waals surface area contributed by atoms with Gasteiger partial charge in [0.15, 0.2) is 11.9 Å². The van der Waals surface area contributed by atoms with Gasteiger partial charge in [-0.3, -0.25) is 4.57 Å². The minimum atomic E-state index is -1.31. The van der Waals surface area contributed by atoms with Gasteiger partial charge in [-0.15, -0.1) is 0 Å². The summed E-state index contributed by atoms with van der Waals surface area (Å²) >= 11 is 0. The number of hydrogen-bond donors (Lipinski definition) is 3. The average Bonchev–Trinajstić information content (AvgIpc) is 3.17. The lowest BCUT2D eigenvalue weighted by molar-refractivity contribution is -0.0511. The second-order valence-corrected chi connectivity index (χ2v) is 5.90.